The molecule has 0 saturated carbocycles. The van der Waals surface area contributed by atoms with Gasteiger partial charge in [-0.2, -0.15) is 5.26 Å². The Morgan fingerprint density at radius 3 is 1.80 bits per heavy atom. The van der Waals surface area contributed by atoms with E-state index >= 15 is 0 Å². The van der Waals surface area contributed by atoms with Crippen LogP contribution in [0.5, 0.6) is 0 Å². The molecular formula is C21H27NO2Si. The molecule has 0 spiro atoms. The summed E-state index contributed by atoms with van der Waals surface area (Å²) in [7, 11) is -2.64. The van der Waals surface area contributed by atoms with Crippen molar-refractivity contribution < 1.29 is 9.53 Å². The zero-order chi connectivity index (χ0) is 18.5. The van der Waals surface area contributed by atoms with Gasteiger partial charge in [0.05, 0.1) is 24.7 Å². The Morgan fingerprint density at radius 1 is 1.00 bits per heavy atom. The fourth-order valence-electron chi connectivity index (χ4n) is 3.20. The second-order valence-corrected chi connectivity index (χ2v) is 11.8. The highest BCUT2D eigenvalue weighted by molar-refractivity contribution is 6.99. The zero-order valence-electron chi connectivity index (χ0n) is 15.4. The quantitative estimate of drug-likeness (QED) is 0.812. The van der Waals surface area contributed by atoms with Gasteiger partial charge in [0.25, 0.3) is 8.32 Å². The molecule has 4 heteroatoms. The number of nitrogens with zero attached hydrogens (tertiary/aromatic N) is 1. The van der Waals surface area contributed by atoms with Gasteiger partial charge < -0.3 is 9.53 Å². The minimum Gasteiger partial charge on any atom is -0.405 e. The molecule has 0 amide bonds. The highest BCUT2D eigenvalue weighted by atomic mass is 28.4. The molecule has 0 aliphatic heterocycles. The second-order valence-electron chi connectivity index (χ2n) is 7.46. The first-order valence-corrected chi connectivity index (χ1v) is 10.6. The van der Waals surface area contributed by atoms with E-state index in [0.717, 1.165) is 0 Å². The van der Waals surface area contributed by atoms with Gasteiger partial charge in [-0.15, -0.1) is 0 Å². The fraction of sp³-hybridized carbons (Fsp3) is 0.381. The van der Waals surface area contributed by atoms with Crippen LogP contribution in [0.25, 0.3) is 0 Å². The number of aliphatic hydroxyl groups is 1. The third kappa shape index (κ3) is 4.01. The minimum atomic E-state index is -2.64. The lowest BCUT2D eigenvalue weighted by atomic mass is 10.1. The smallest absolute Gasteiger partial charge is 0.261 e. The van der Waals surface area contributed by atoms with Gasteiger partial charge in [-0.05, 0) is 22.3 Å². The molecular weight excluding hydrogens is 326 g/mol. The van der Waals surface area contributed by atoms with Crippen LogP contribution in [0.2, 0.25) is 5.04 Å². The van der Waals surface area contributed by atoms with E-state index in [4.69, 9.17) is 9.69 Å². The molecule has 0 unspecified atom stereocenters. The molecule has 2 aromatic rings. The van der Waals surface area contributed by atoms with E-state index in [1.54, 1.807) is 6.92 Å². The lowest BCUT2D eigenvalue weighted by molar-refractivity contribution is 0.0772. The predicted octanol–water partition coefficient (Wildman–Crippen LogP) is 3.08. The third-order valence-electron chi connectivity index (χ3n) is 4.67. The molecule has 1 N–H and O–H groups in total. The summed E-state index contributed by atoms with van der Waals surface area (Å²) in [6.07, 6.45) is -0.799. The molecule has 3 nitrogen and oxygen atoms in total. The number of hydrogen-bond donors (Lipinski definition) is 1. The Hall–Kier alpha value is -1.93. The number of benzene rings is 2. The summed E-state index contributed by atoms with van der Waals surface area (Å²) in [5.74, 6) is -0.460. The van der Waals surface area contributed by atoms with Crippen molar-refractivity contribution in [3.8, 4) is 6.07 Å². The Morgan fingerprint density at radius 2 is 1.44 bits per heavy atom. The van der Waals surface area contributed by atoms with Crippen molar-refractivity contribution in [3.63, 3.8) is 0 Å². The lowest BCUT2D eigenvalue weighted by Gasteiger charge is -2.43. The summed E-state index contributed by atoms with van der Waals surface area (Å²) in [5, 5.41) is 21.6. The van der Waals surface area contributed by atoms with E-state index in [1.165, 1.54) is 10.4 Å². The highest BCUT2D eigenvalue weighted by Crippen LogP contribution is 2.36. The lowest BCUT2D eigenvalue weighted by Crippen LogP contribution is -2.67. The van der Waals surface area contributed by atoms with Crippen LogP contribution in [0, 0.1) is 17.2 Å². The number of rotatable bonds is 6. The van der Waals surface area contributed by atoms with Crippen molar-refractivity contribution in [2.24, 2.45) is 5.92 Å². The minimum absolute atomic E-state index is 0.134. The predicted molar refractivity (Wildman–Crippen MR) is 104 cm³/mol. The van der Waals surface area contributed by atoms with Crippen LogP contribution in [0.3, 0.4) is 0 Å². The van der Waals surface area contributed by atoms with Gasteiger partial charge in [0.1, 0.15) is 0 Å². The molecule has 0 saturated heterocycles. The van der Waals surface area contributed by atoms with Crippen molar-refractivity contribution in [3.05, 3.63) is 60.7 Å². The maximum Gasteiger partial charge on any atom is 0.261 e. The molecule has 0 aliphatic rings. The van der Waals surface area contributed by atoms with Gasteiger partial charge in [-0.25, -0.2) is 0 Å². The topological polar surface area (TPSA) is 53.2 Å². The van der Waals surface area contributed by atoms with Crippen molar-refractivity contribution in [1.82, 2.24) is 0 Å². The Balaban J connectivity index is 2.55. The van der Waals surface area contributed by atoms with Gasteiger partial charge in [0.15, 0.2) is 0 Å². The average molecular weight is 354 g/mol. The largest absolute Gasteiger partial charge is 0.405 e. The van der Waals surface area contributed by atoms with E-state index in [-0.39, 0.29) is 11.6 Å². The standard InChI is InChI=1S/C21H27NO2Si/c1-17(15-22)20(23)16-24-25(21(2,3)4,18-11-7-5-8-12-18)19-13-9-6-10-14-19/h5-14,17,20,23H,16H2,1-4H3/t17-,20+/m0/s1. The normalized spacial score (nSPS) is 14.6. The molecule has 0 radical (unpaired) electrons. The van der Waals surface area contributed by atoms with Crippen LogP contribution < -0.4 is 10.4 Å². The van der Waals surface area contributed by atoms with Crippen molar-refractivity contribution in [1.29, 1.82) is 5.26 Å². The summed E-state index contributed by atoms with van der Waals surface area (Å²) in [4.78, 5) is 0. The number of nitriles is 1. The SMILES string of the molecule is C[C@@H](C#N)[C@H](O)CO[Si](c1ccccc1)(c1ccccc1)C(C)(C)C. The molecule has 132 valence electrons. The molecule has 2 rings (SSSR count). The summed E-state index contributed by atoms with van der Waals surface area (Å²) < 4.78 is 6.59. The van der Waals surface area contributed by atoms with E-state index in [9.17, 15) is 5.11 Å². The monoisotopic (exact) mass is 353 g/mol. The van der Waals surface area contributed by atoms with Gasteiger partial charge in [0, 0.05) is 0 Å². The molecule has 0 aromatic heterocycles. The molecule has 0 aliphatic carbocycles. The Bertz CT molecular complexity index is 665. The molecule has 0 heterocycles. The van der Waals surface area contributed by atoms with Crippen LogP contribution in [-0.2, 0) is 4.43 Å². The summed E-state index contributed by atoms with van der Waals surface area (Å²) in [6, 6.07) is 22.7. The van der Waals surface area contributed by atoms with Gasteiger partial charge in [0.2, 0.25) is 0 Å². The van der Waals surface area contributed by atoms with Crippen LogP contribution in [-0.4, -0.2) is 26.1 Å². The van der Waals surface area contributed by atoms with E-state index in [0.29, 0.717) is 0 Å². The highest BCUT2D eigenvalue weighted by Gasteiger charge is 2.50. The fourth-order valence-corrected chi connectivity index (χ4v) is 7.78. The molecule has 2 aromatic carbocycles. The number of aliphatic hydroxyl groups excluding tert-OH is 1. The summed E-state index contributed by atoms with van der Waals surface area (Å²) in [5.41, 5.74) is 0. The maximum atomic E-state index is 10.3. The second kappa shape index (κ2) is 7.96. The summed E-state index contributed by atoms with van der Waals surface area (Å²) in [6.45, 7) is 8.46. The van der Waals surface area contributed by atoms with Gasteiger partial charge in [-0.1, -0.05) is 81.4 Å². The van der Waals surface area contributed by atoms with Crippen LogP contribution in [0.1, 0.15) is 27.7 Å². The molecule has 2 atom stereocenters. The van der Waals surface area contributed by atoms with Crippen LogP contribution in [0.15, 0.2) is 60.7 Å². The van der Waals surface area contributed by atoms with E-state index in [2.05, 4.69) is 51.1 Å². The van der Waals surface area contributed by atoms with E-state index in [1.807, 2.05) is 36.4 Å². The van der Waals surface area contributed by atoms with Crippen molar-refractivity contribution in [2.45, 2.75) is 38.8 Å². The van der Waals surface area contributed by atoms with Crippen molar-refractivity contribution >= 4 is 18.7 Å². The Labute approximate surface area is 152 Å². The first kappa shape index (κ1) is 19.4. The van der Waals surface area contributed by atoms with Crippen LogP contribution in [0.4, 0.5) is 0 Å². The molecule has 0 fully saturated rings. The number of hydrogen-bond acceptors (Lipinski definition) is 3. The average Bonchev–Trinajstić information content (AvgIpc) is 2.62. The van der Waals surface area contributed by atoms with Gasteiger partial charge >= 0.3 is 0 Å². The van der Waals surface area contributed by atoms with Crippen molar-refractivity contribution in [2.75, 3.05) is 6.61 Å². The maximum absolute atomic E-state index is 10.3. The first-order chi connectivity index (χ1) is 11.8. The third-order valence-corrected chi connectivity index (χ3v) is 9.67. The van der Waals surface area contributed by atoms with E-state index < -0.39 is 20.3 Å². The Kier molecular flexibility index (Phi) is 6.18. The molecule has 0 bridgehead atoms. The first-order valence-electron chi connectivity index (χ1n) is 8.65. The molecule has 25 heavy (non-hydrogen) atoms. The zero-order valence-corrected chi connectivity index (χ0v) is 16.4. The van der Waals surface area contributed by atoms with Gasteiger partial charge in [-0.3, -0.25) is 0 Å². The summed E-state index contributed by atoms with van der Waals surface area (Å²) >= 11 is 0. The van der Waals surface area contributed by atoms with Crippen LogP contribution >= 0.6 is 0 Å².